The van der Waals surface area contributed by atoms with E-state index in [1.165, 1.54) is 11.1 Å². The van der Waals surface area contributed by atoms with Gasteiger partial charge in [0.1, 0.15) is 5.82 Å². The molecular weight excluding hydrogens is 246 g/mol. The smallest absolute Gasteiger partial charge is 0.130 e. The first-order valence-electron chi connectivity index (χ1n) is 6.87. The van der Waals surface area contributed by atoms with Crippen molar-refractivity contribution >= 4 is 17.2 Å². The molecule has 0 bridgehead atoms. The Hall–Kier alpha value is -2.03. The van der Waals surface area contributed by atoms with Crippen molar-refractivity contribution in [3.05, 3.63) is 47.2 Å². The normalized spacial score (nSPS) is 11.4. The van der Waals surface area contributed by atoms with E-state index < -0.39 is 0 Å². The molecule has 0 unspecified atom stereocenters. The molecule has 0 aliphatic carbocycles. The summed E-state index contributed by atoms with van der Waals surface area (Å²) in [6.45, 7) is 10.7. The van der Waals surface area contributed by atoms with Gasteiger partial charge in [-0.3, -0.25) is 0 Å². The van der Waals surface area contributed by atoms with Crippen LogP contribution in [0.25, 0.3) is 0 Å². The predicted molar refractivity (Wildman–Crippen MR) is 86.5 cm³/mol. The van der Waals surface area contributed by atoms with Crippen LogP contribution in [0.15, 0.2) is 30.5 Å². The SMILES string of the molecule is Cc1cc(Nc2cc(C(C)(C)C)ccc2C)ncc1N. The Morgan fingerprint density at radius 1 is 1.05 bits per heavy atom. The quantitative estimate of drug-likeness (QED) is 0.853. The lowest BCUT2D eigenvalue weighted by molar-refractivity contribution is 0.590. The summed E-state index contributed by atoms with van der Waals surface area (Å²) < 4.78 is 0. The number of benzene rings is 1. The Balaban J connectivity index is 2.35. The molecular formula is C17H23N3. The lowest BCUT2D eigenvalue weighted by Gasteiger charge is -2.21. The zero-order chi connectivity index (χ0) is 14.9. The Kier molecular flexibility index (Phi) is 3.71. The highest BCUT2D eigenvalue weighted by atomic mass is 15.0. The van der Waals surface area contributed by atoms with Crippen LogP contribution in [0.1, 0.15) is 37.5 Å². The van der Waals surface area contributed by atoms with Crippen molar-refractivity contribution < 1.29 is 0 Å². The number of hydrogen-bond donors (Lipinski definition) is 2. The van der Waals surface area contributed by atoms with E-state index in [2.05, 4.69) is 56.2 Å². The Bertz CT molecular complexity index is 625. The molecule has 3 nitrogen and oxygen atoms in total. The number of nitrogen functional groups attached to an aromatic ring is 1. The molecule has 0 amide bonds. The van der Waals surface area contributed by atoms with Crippen molar-refractivity contribution in [2.24, 2.45) is 0 Å². The number of nitrogens with one attached hydrogen (secondary N) is 1. The molecule has 106 valence electrons. The maximum Gasteiger partial charge on any atom is 0.130 e. The van der Waals surface area contributed by atoms with Crippen LogP contribution in [-0.2, 0) is 5.41 Å². The molecule has 0 aliphatic heterocycles. The molecule has 1 aromatic carbocycles. The number of nitrogens with two attached hydrogens (primary N) is 1. The monoisotopic (exact) mass is 269 g/mol. The molecule has 0 saturated carbocycles. The third-order valence-electron chi connectivity index (χ3n) is 3.52. The summed E-state index contributed by atoms with van der Waals surface area (Å²) in [5.74, 6) is 0.825. The van der Waals surface area contributed by atoms with Gasteiger partial charge in [0.25, 0.3) is 0 Å². The summed E-state index contributed by atoms with van der Waals surface area (Å²) in [5.41, 5.74) is 11.3. The highest BCUT2D eigenvalue weighted by Gasteiger charge is 2.14. The van der Waals surface area contributed by atoms with Gasteiger partial charge >= 0.3 is 0 Å². The van der Waals surface area contributed by atoms with Crippen LogP contribution in [0, 0.1) is 13.8 Å². The lowest BCUT2D eigenvalue weighted by atomic mass is 9.86. The topological polar surface area (TPSA) is 50.9 Å². The van der Waals surface area contributed by atoms with Crippen molar-refractivity contribution in [2.45, 2.75) is 40.0 Å². The molecule has 0 spiro atoms. The van der Waals surface area contributed by atoms with E-state index in [1.54, 1.807) is 6.20 Å². The Labute approximate surface area is 121 Å². The van der Waals surface area contributed by atoms with Crippen LogP contribution in [0.4, 0.5) is 17.2 Å². The summed E-state index contributed by atoms with van der Waals surface area (Å²) in [6, 6.07) is 8.50. The molecule has 0 saturated heterocycles. The van der Waals surface area contributed by atoms with Crippen LogP contribution < -0.4 is 11.1 Å². The summed E-state index contributed by atoms with van der Waals surface area (Å²) in [4.78, 5) is 4.33. The molecule has 0 radical (unpaired) electrons. The predicted octanol–water partition coefficient (Wildman–Crippen LogP) is 4.32. The molecule has 3 N–H and O–H groups in total. The summed E-state index contributed by atoms with van der Waals surface area (Å²) in [5, 5.41) is 3.39. The van der Waals surface area contributed by atoms with Gasteiger partial charge in [-0.25, -0.2) is 4.98 Å². The molecule has 20 heavy (non-hydrogen) atoms. The minimum absolute atomic E-state index is 0.134. The average molecular weight is 269 g/mol. The summed E-state index contributed by atoms with van der Waals surface area (Å²) in [7, 11) is 0. The van der Waals surface area contributed by atoms with Gasteiger partial charge in [-0.1, -0.05) is 32.9 Å². The molecule has 1 aromatic heterocycles. The van der Waals surface area contributed by atoms with Gasteiger partial charge in [0.2, 0.25) is 0 Å². The van der Waals surface area contributed by atoms with Crippen LogP contribution >= 0.6 is 0 Å². The van der Waals surface area contributed by atoms with E-state index in [-0.39, 0.29) is 5.41 Å². The van der Waals surface area contributed by atoms with E-state index in [0.29, 0.717) is 0 Å². The molecule has 3 heteroatoms. The minimum atomic E-state index is 0.134. The lowest BCUT2D eigenvalue weighted by Crippen LogP contribution is -2.11. The van der Waals surface area contributed by atoms with Crippen LogP contribution in [0.3, 0.4) is 0 Å². The number of hydrogen-bond acceptors (Lipinski definition) is 3. The number of nitrogens with zero attached hydrogens (tertiary/aromatic N) is 1. The van der Waals surface area contributed by atoms with Crippen LogP contribution in [0.5, 0.6) is 0 Å². The number of rotatable bonds is 2. The highest BCUT2D eigenvalue weighted by molar-refractivity contribution is 5.63. The standard InChI is InChI=1S/C17H23N3/c1-11-6-7-13(17(3,4)5)9-15(11)20-16-8-12(2)14(18)10-19-16/h6-10H,18H2,1-5H3,(H,19,20). The molecule has 0 fully saturated rings. The van der Waals surface area contributed by atoms with Gasteiger partial charge < -0.3 is 11.1 Å². The van der Waals surface area contributed by atoms with Crippen LogP contribution in [-0.4, -0.2) is 4.98 Å². The average Bonchev–Trinajstić information content (AvgIpc) is 2.35. The van der Waals surface area contributed by atoms with Crippen molar-refractivity contribution in [3.8, 4) is 0 Å². The van der Waals surface area contributed by atoms with Gasteiger partial charge in [-0.05, 0) is 48.1 Å². The molecule has 2 aromatic rings. The van der Waals surface area contributed by atoms with Crippen molar-refractivity contribution in [1.82, 2.24) is 4.98 Å². The van der Waals surface area contributed by atoms with E-state index in [9.17, 15) is 0 Å². The van der Waals surface area contributed by atoms with Gasteiger partial charge in [0.05, 0.1) is 11.9 Å². The van der Waals surface area contributed by atoms with Gasteiger partial charge in [0.15, 0.2) is 0 Å². The minimum Gasteiger partial charge on any atom is -0.397 e. The van der Waals surface area contributed by atoms with Gasteiger partial charge in [0, 0.05) is 5.69 Å². The van der Waals surface area contributed by atoms with Gasteiger partial charge in [-0.15, -0.1) is 0 Å². The highest BCUT2D eigenvalue weighted by Crippen LogP contribution is 2.28. The van der Waals surface area contributed by atoms with E-state index in [4.69, 9.17) is 5.73 Å². The summed E-state index contributed by atoms with van der Waals surface area (Å²) in [6.07, 6.45) is 1.70. The molecule has 1 heterocycles. The van der Waals surface area contributed by atoms with Crippen molar-refractivity contribution in [2.75, 3.05) is 11.1 Å². The number of aryl methyl sites for hydroxylation is 2. The third-order valence-corrected chi connectivity index (χ3v) is 3.52. The first kappa shape index (κ1) is 14.4. The second-order valence-electron chi connectivity index (χ2n) is 6.33. The Morgan fingerprint density at radius 2 is 1.75 bits per heavy atom. The zero-order valence-corrected chi connectivity index (χ0v) is 12.9. The fourth-order valence-electron chi connectivity index (χ4n) is 2.00. The fraction of sp³-hybridized carbons (Fsp3) is 0.353. The number of anilines is 3. The Morgan fingerprint density at radius 3 is 2.35 bits per heavy atom. The summed E-state index contributed by atoms with van der Waals surface area (Å²) >= 11 is 0. The maximum absolute atomic E-state index is 5.80. The van der Waals surface area contributed by atoms with E-state index >= 15 is 0 Å². The largest absolute Gasteiger partial charge is 0.397 e. The maximum atomic E-state index is 5.80. The van der Waals surface area contributed by atoms with Crippen molar-refractivity contribution in [1.29, 1.82) is 0 Å². The van der Waals surface area contributed by atoms with Crippen molar-refractivity contribution in [3.63, 3.8) is 0 Å². The van der Waals surface area contributed by atoms with E-state index in [1.807, 2.05) is 13.0 Å². The number of pyridine rings is 1. The second-order valence-corrected chi connectivity index (χ2v) is 6.33. The van der Waals surface area contributed by atoms with Crippen LogP contribution in [0.2, 0.25) is 0 Å². The molecule has 0 atom stereocenters. The molecule has 2 rings (SSSR count). The van der Waals surface area contributed by atoms with E-state index in [0.717, 1.165) is 22.8 Å². The molecule has 0 aliphatic rings. The third kappa shape index (κ3) is 3.10. The van der Waals surface area contributed by atoms with Gasteiger partial charge in [-0.2, -0.15) is 0 Å². The first-order valence-corrected chi connectivity index (χ1v) is 6.87. The first-order chi connectivity index (χ1) is 9.27. The second kappa shape index (κ2) is 5.16. The fourth-order valence-corrected chi connectivity index (χ4v) is 2.00. The number of aromatic nitrogens is 1. The zero-order valence-electron chi connectivity index (χ0n) is 12.9.